The van der Waals surface area contributed by atoms with Gasteiger partial charge in [0.25, 0.3) is 0 Å². The van der Waals surface area contributed by atoms with Crippen LogP contribution in [0.3, 0.4) is 0 Å². The SMILES string of the molecule is O=C(CCCCCC(=O)Nc1cccc([C@H]2O[C@@H](CSc3ccc(C(=O)O)cc3)C[C@@H](c3ccc(CO)cc3)O2)c1)NO. The Morgan fingerprint density at radius 3 is 2.26 bits per heavy atom. The molecule has 43 heavy (non-hydrogen) atoms. The van der Waals surface area contributed by atoms with E-state index in [9.17, 15) is 24.6 Å². The highest BCUT2D eigenvalue weighted by atomic mass is 32.2. The topological polar surface area (TPSA) is 154 Å². The van der Waals surface area contributed by atoms with Gasteiger partial charge in [-0.2, -0.15) is 0 Å². The minimum absolute atomic E-state index is 0.0448. The molecule has 0 bridgehead atoms. The van der Waals surface area contributed by atoms with E-state index in [2.05, 4.69) is 5.32 Å². The lowest BCUT2D eigenvalue weighted by Gasteiger charge is -2.36. The summed E-state index contributed by atoms with van der Waals surface area (Å²) in [7, 11) is 0. The fourth-order valence-corrected chi connectivity index (χ4v) is 5.62. The van der Waals surface area contributed by atoms with Crippen molar-refractivity contribution in [3.63, 3.8) is 0 Å². The highest BCUT2D eigenvalue weighted by Gasteiger charge is 2.32. The maximum absolute atomic E-state index is 12.5. The average molecular weight is 609 g/mol. The summed E-state index contributed by atoms with van der Waals surface area (Å²) in [6, 6.07) is 21.7. The second-order valence-electron chi connectivity index (χ2n) is 10.3. The smallest absolute Gasteiger partial charge is 0.335 e. The molecule has 11 heteroatoms. The molecule has 1 saturated heterocycles. The number of rotatable bonds is 14. The van der Waals surface area contributed by atoms with E-state index in [-0.39, 0.29) is 36.7 Å². The summed E-state index contributed by atoms with van der Waals surface area (Å²) < 4.78 is 12.8. The molecule has 0 aromatic heterocycles. The number of carboxylic acids is 1. The van der Waals surface area contributed by atoms with Crippen LogP contribution in [0.2, 0.25) is 0 Å². The maximum atomic E-state index is 12.5. The maximum Gasteiger partial charge on any atom is 0.335 e. The number of hydrogen-bond acceptors (Lipinski definition) is 8. The fourth-order valence-electron chi connectivity index (χ4n) is 4.70. The molecule has 1 fully saturated rings. The third-order valence-corrected chi connectivity index (χ3v) is 8.17. The molecule has 0 aliphatic carbocycles. The number of aromatic carboxylic acids is 1. The molecule has 1 heterocycles. The van der Waals surface area contributed by atoms with Gasteiger partial charge in [-0.05, 0) is 60.4 Å². The number of ether oxygens (including phenoxy) is 2. The number of nitrogens with one attached hydrogen (secondary N) is 2. The third kappa shape index (κ3) is 9.91. The van der Waals surface area contributed by atoms with E-state index in [1.165, 1.54) is 0 Å². The Balaban J connectivity index is 1.41. The fraction of sp³-hybridized carbons (Fsp3) is 0.344. The molecule has 0 spiro atoms. The number of hydroxylamine groups is 1. The first-order chi connectivity index (χ1) is 20.8. The molecule has 3 aromatic carbocycles. The standard InChI is InChI=1S/C32H36N2O8S/c35-19-21-9-11-22(12-10-21)28-18-26(20-43-27-15-13-23(14-16-27)31(38)39)41-32(42-28)24-5-4-6-25(17-24)33-29(36)7-2-1-3-8-30(37)34-40/h4-6,9-17,26,28,32,35,40H,1-3,7-8,18-20H2,(H,33,36)(H,34,37)(H,38,39)/t26-,28+,32+/m1/s1. The molecule has 0 unspecified atom stereocenters. The second-order valence-corrected chi connectivity index (χ2v) is 11.4. The molecule has 228 valence electrons. The van der Waals surface area contributed by atoms with Crippen molar-refractivity contribution in [2.45, 2.75) is 68.5 Å². The van der Waals surface area contributed by atoms with Crippen LogP contribution < -0.4 is 10.8 Å². The number of hydrogen-bond donors (Lipinski definition) is 5. The van der Waals surface area contributed by atoms with Crippen LogP contribution in [0.25, 0.3) is 0 Å². The molecule has 3 atom stereocenters. The van der Waals surface area contributed by atoms with E-state index in [4.69, 9.17) is 14.7 Å². The normalized spacial score (nSPS) is 18.1. The number of anilines is 1. The van der Waals surface area contributed by atoms with Crippen molar-refractivity contribution in [2.24, 2.45) is 0 Å². The van der Waals surface area contributed by atoms with E-state index in [1.807, 2.05) is 42.5 Å². The van der Waals surface area contributed by atoms with Gasteiger partial charge in [-0.15, -0.1) is 11.8 Å². The molecular weight excluding hydrogens is 572 g/mol. The third-order valence-electron chi connectivity index (χ3n) is 7.03. The highest BCUT2D eigenvalue weighted by Crippen LogP contribution is 2.40. The van der Waals surface area contributed by atoms with Gasteiger partial charge in [0, 0.05) is 41.2 Å². The number of benzene rings is 3. The van der Waals surface area contributed by atoms with E-state index in [1.54, 1.807) is 47.6 Å². The van der Waals surface area contributed by atoms with Crippen LogP contribution in [0.15, 0.2) is 77.7 Å². The molecule has 1 aliphatic rings. The predicted octanol–water partition coefficient (Wildman–Crippen LogP) is 5.61. The first-order valence-corrected chi connectivity index (χ1v) is 15.1. The van der Waals surface area contributed by atoms with Gasteiger partial charge in [-0.3, -0.25) is 14.8 Å². The second kappa shape index (κ2) is 16.2. The van der Waals surface area contributed by atoms with Crippen LogP contribution in [0.4, 0.5) is 5.69 Å². The zero-order chi connectivity index (χ0) is 30.6. The Morgan fingerprint density at radius 1 is 0.860 bits per heavy atom. The van der Waals surface area contributed by atoms with Gasteiger partial charge in [0.2, 0.25) is 11.8 Å². The van der Waals surface area contributed by atoms with Gasteiger partial charge in [0.1, 0.15) is 0 Å². The number of carboxylic acid groups (broad SMARTS) is 1. The van der Waals surface area contributed by atoms with E-state index in [0.717, 1.165) is 21.6 Å². The van der Waals surface area contributed by atoms with Gasteiger partial charge in [0.05, 0.1) is 24.4 Å². The molecule has 5 N–H and O–H groups in total. The molecule has 3 aromatic rings. The van der Waals surface area contributed by atoms with Crippen LogP contribution >= 0.6 is 11.8 Å². The van der Waals surface area contributed by atoms with Gasteiger partial charge in [-0.25, -0.2) is 10.3 Å². The average Bonchev–Trinajstić information content (AvgIpc) is 3.03. The molecule has 0 saturated carbocycles. The number of carbonyl (C=O) groups is 3. The van der Waals surface area contributed by atoms with Gasteiger partial charge in [-0.1, -0.05) is 42.8 Å². The number of amides is 2. The van der Waals surface area contributed by atoms with Crippen LogP contribution in [-0.4, -0.2) is 45.1 Å². The molecule has 1 aliphatic heterocycles. The minimum atomic E-state index is -0.967. The lowest BCUT2D eigenvalue weighted by atomic mass is 10.0. The summed E-state index contributed by atoms with van der Waals surface area (Å²) in [6.45, 7) is -0.0448. The first kappa shape index (κ1) is 32.2. The van der Waals surface area contributed by atoms with E-state index < -0.39 is 18.2 Å². The summed E-state index contributed by atoms with van der Waals surface area (Å²) >= 11 is 1.58. The van der Waals surface area contributed by atoms with Crippen molar-refractivity contribution in [1.29, 1.82) is 0 Å². The van der Waals surface area contributed by atoms with Gasteiger partial charge < -0.3 is 25.0 Å². The number of aliphatic hydroxyl groups excluding tert-OH is 1. The van der Waals surface area contributed by atoms with Crippen molar-refractivity contribution in [1.82, 2.24) is 5.48 Å². The Bertz CT molecular complexity index is 1370. The van der Waals surface area contributed by atoms with Gasteiger partial charge in [0.15, 0.2) is 6.29 Å². The molecular formula is C32H36N2O8S. The molecule has 0 radical (unpaired) electrons. The van der Waals surface area contributed by atoms with Crippen molar-refractivity contribution in [3.8, 4) is 0 Å². The number of thioether (sulfide) groups is 1. The lowest BCUT2D eigenvalue weighted by molar-refractivity contribution is -0.245. The first-order valence-electron chi connectivity index (χ1n) is 14.1. The van der Waals surface area contributed by atoms with Crippen molar-refractivity contribution in [3.05, 3.63) is 95.1 Å². The summed E-state index contributed by atoms with van der Waals surface area (Å²) in [5.41, 5.74) is 4.98. The Kier molecular flexibility index (Phi) is 12.1. The number of aliphatic hydroxyl groups is 1. The Hall–Kier alpha value is -3.74. The highest BCUT2D eigenvalue weighted by molar-refractivity contribution is 7.99. The summed E-state index contributed by atoms with van der Waals surface area (Å²) in [5, 5.41) is 30.1. The molecule has 2 amide bonds. The minimum Gasteiger partial charge on any atom is -0.478 e. The van der Waals surface area contributed by atoms with Crippen molar-refractivity contribution >= 4 is 35.2 Å². The zero-order valence-corrected chi connectivity index (χ0v) is 24.4. The summed E-state index contributed by atoms with van der Waals surface area (Å²) in [6.07, 6.45) is 1.88. The lowest BCUT2D eigenvalue weighted by Crippen LogP contribution is -2.31. The van der Waals surface area contributed by atoms with Crippen LogP contribution in [-0.2, 0) is 25.7 Å². The van der Waals surface area contributed by atoms with Crippen LogP contribution in [0.5, 0.6) is 0 Å². The molecule has 10 nitrogen and oxygen atoms in total. The Labute approximate surface area is 254 Å². The predicted molar refractivity (Wildman–Crippen MR) is 161 cm³/mol. The van der Waals surface area contributed by atoms with Crippen molar-refractivity contribution < 1.29 is 39.3 Å². The van der Waals surface area contributed by atoms with E-state index in [0.29, 0.717) is 43.5 Å². The monoisotopic (exact) mass is 608 g/mol. The molecule has 4 rings (SSSR count). The summed E-state index contributed by atoms with van der Waals surface area (Å²) in [5.74, 6) is -0.925. The van der Waals surface area contributed by atoms with E-state index >= 15 is 0 Å². The zero-order valence-electron chi connectivity index (χ0n) is 23.6. The largest absolute Gasteiger partial charge is 0.478 e. The number of unbranched alkanes of at least 4 members (excludes halogenated alkanes) is 2. The van der Waals surface area contributed by atoms with Gasteiger partial charge >= 0.3 is 5.97 Å². The quantitative estimate of drug-likeness (QED) is 0.0680. The summed E-state index contributed by atoms with van der Waals surface area (Å²) in [4.78, 5) is 35.7. The van der Waals surface area contributed by atoms with Crippen LogP contribution in [0, 0.1) is 0 Å². The number of carbonyl (C=O) groups excluding carboxylic acids is 2. The van der Waals surface area contributed by atoms with Crippen LogP contribution in [0.1, 0.15) is 78.0 Å². The van der Waals surface area contributed by atoms with Crippen molar-refractivity contribution in [2.75, 3.05) is 11.1 Å². The Morgan fingerprint density at radius 2 is 1.58 bits per heavy atom.